The third kappa shape index (κ3) is 3.27. The predicted octanol–water partition coefficient (Wildman–Crippen LogP) is 1.22. The summed E-state index contributed by atoms with van der Waals surface area (Å²) in [7, 11) is 3.82. The van der Waals surface area contributed by atoms with E-state index >= 15 is 0 Å². The number of aromatic nitrogens is 3. The number of benzene rings is 1. The summed E-state index contributed by atoms with van der Waals surface area (Å²) in [4.78, 5) is 21.0. The van der Waals surface area contributed by atoms with Crippen LogP contribution < -0.4 is 0 Å². The molecule has 1 aromatic carbocycles. The fourth-order valence-electron chi connectivity index (χ4n) is 2.96. The molecule has 1 atom stereocenters. The third-order valence-electron chi connectivity index (χ3n) is 4.66. The van der Waals surface area contributed by atoms with Gasteiger partial charge in [0.25, 0.3) is 0 Å². The Morgan fingerprint density at radius 1 is 1.35 bits per heavy atom. The number of fused-ring (bicyclic) bond motifs is 1. The van der Waals surface area contributed by atoms with Crippen LogP contribution in [0.5, 0.6) is 0 Å². The Morgan fingerprint density at radius 2 is 2.09 bits per heavy atom. The van der Waals surface area contributed by atoms with E-state index in [-0.39, 0.29) is 11.9 Å². The summed E-state index contributed by atoms with van der Waals surface area (Å²) < 4.78 is 1.74. The average Bonchev–Trinajstić information content (AvgIpc) is 2.97. The van der Waals surface area contributed by atoms with Crippen molar-refractivity contribution in [3.05, 3.63) is 47.5 Å². The predicted molar refractivity (Wildman–Crippen MR) is 87.5 cm³/mol. The van der Waals surface area contributed by atoms with Gasteiger partial charge in [-0.3, -0.25) is 14.4 Å². The summed E-state index contributed by atoms with van der Waals surface area (Å²) in [6, 6.07) is 8.19. The van der Waals surface area contributed by atoms with Crippen molar-refractivity contribution in [2.45, 2.75) is 32.5 Å². The SMILES string of the molecule is C[C@@H](C(=O)N1CCc2ccccc2C1)N(C)Cc1ncnn1C. The van der Waals surface area contributed by atoms with Crippen molar-refractivity contribution in [3.8, 4) is 0 Å². The van der Waals surface area contributed by atoms with E-state index in [9.17, 15) is 4.79 Å². The molecular weight excluding hydrogens is 290 g/mol. The summed E-state index contributed by atoms with van der Waals surface area (Å²) in [5, 5.41) is 4.07. The van der Waals surface area contributed by atoms with Gasteiger partial charge in [0.15, 0.2) is 0 Å². The zero-order chi connectivity index (χ0) is 16.4. The Kier molecular flexibility index (Phi) is 4.43. The topological polar surface area (TPSA) is 54.3 Å². The molecular formula is C17H23N5O. The number of aryl methyl sites for hydroxylation is 1. The van der Waals surface area contributed by atoms with E-state index in [1.54, 1.807) is 4.68 Å². The number of rotatable bonds is 4. The lowest BCUT2D eigenvalue weighted by atomic mass is 9.99. The van der Waals surface area contributed by atoms with Crippen LogP contribution in [0.2, 0.25) is 0 Å². The molecule has 0 saturated carbocycles. The number of amides is 1. The van der Waals surface area contributed by atoms with Gasteiger partial charge in [0.05, 0.1) is 12.6 Å². The van der Waals surface area contributed by atoms with E-state index < -0.39 is 0 Å². The first-order valence-electron chi connectivity index (χ1n) is 7.95. The highest BCUT2D eigenvalue weighted by Gasteiger charge is 2.27. The van der Waals surface area contributed by atoms with E-state index in [1.165, 1.54) is 17.5 Å². The molecule has 0 saturated heterocycles. The van der Waals surface area contributed by atoms with Gasteiger partial charge in [0, 0.05) is 20.1 Å². The van der Waals surface area contributed by atoms with Crippen LogP contribution in [0, 0.1) is 0 Å². The molecule has 1 aromatic heterocycles. The number of hydrogen-bond donors (Lipinski definition) is 0. The second-order valence-electron chi connectivity index (χ2n) is 6.17. The Balaban J connectivity index is 1.65. The van der Waals surface area contributed by atoms with Crippen LogP contribution in [0.15, 0.2) is 30.6 Å². The highest BCUT2D eigenvalue weighted by atomic mass is 16.2. The fraction of sp³-hybridized carbons (Fsp3) is 0.471. The molecule has 1 amide bonds. The molecule has 0 fully saturated rings. The number of likely N-dealkylation sites (N-methyl/N-ethyl adjacent to an activating group) is 1. The summed E-state index contributed by atoms with van der Waals surface area (Å²) in [5.74, 6) is 1.03. The van der Waals surface area contributed by atoms with Crippen LogP contribution in [-0.2, 0) is 31.4 Å². The van der Waals surface area contributed by atoms with Crippen LogP contribution in [-0.4, -0.2) is 50.1 Å². The van der Waals surface area contributed by atoms with Crippen LogP contribution in [0.3, 0.4) is 0 Å². The molecule has 0 N–H and O–H groups in total. The monoisotopic (exact) mass is 313 g/mol. The molecule has 0 unspecified atom stereocenters. The molecule has 2 aromatic rings. The standard InChI is InChI=1S/C17H23N5O/c1-13(20(2)11-16-18-12-19-21(16)3)17(23)22-9-8-14-6-4-5-7-15(14)10-22/h4-7,12-13H,8-11H2,1-3H3/t13-/m0/s1. The van der Waals surface area contributed by atoms with Crippen molar-refractivity contribution in [1.29, 1.82) is 0 Å². The van der Waals surface area contributed by atoms with Gasteiger partial charge in [-0.1, -0.05) is 24.3 Å². The largest absolute Gasteiger partial charge is 0.337 e. The molecule has 0 spiro atoms. The number of carbonyl (C=O) groups is 1. The summed E-state index contributed by atoms with van der Waals surface area (Å²) in [6.07, 6.45) is 2.47. The smallest absolute Gasteiger partial charge is 0.239 e. The minimum absolute atomic E-state index is 0.171. The first kappa shape index (κ1) is 15.7. The van der Waals surface area contributed by atoms with Crippen molar-refractivity contribution < 1.29 is 4.79 Å². The Bertz CT molecular complexity index is 696. The van der Waals surface area contributed by atoms with E-state index in [2.05, 4.69) is 28.3 Å². The number of hydrogen-bond acceptors (Lipinski definition) is 4. The normalized spacial score (nSPS) is 15.6. The van der Waals surface area contributed by atoms with Gasteiger partial charge in [-0.25, -0.2) is 4.98 Å². The number of carbonyl (C=O) groups excluding carboxylic acids is 1. The molecule has 0 aliphatic carbocycles. The van der Waals surface area contributed by atoms with Gasteiger partial charge in [-0.15, -0.1) is 0 Å². The molecule has 1 aliphatic heterocycles. The highest BCUT2D eigenvalue weighted by molar-refractivity contribution is 5.81. The van der Waals surface area contributed by atoms with Crippen LogP contribution in [0.25, 0.3) is 0 Å². The van der Waals surface area contributed by atoms with E-state index in [1.807, 2.05) is 36.9 Å². The van der Waals surface area contributed by atoms with Gasteiger partial charge in [-0.2, -0.15) is 5.10 Å². The minimum Gasteiger partial charge on any atom is -0.337 e. The first-order chi connectivity index (χ1) is 11.1. The molecule has 0 bridgehead atoms. The Labute approximate surface area is 136 Å². The van der Waals surface area contributed by atoms with Gasteiger partial charge in [-0.05, 0) is 31.5 Å². The van der Waals surface area contributed by atoms with Gasteiger partial charge in [0.1, 0.15) is 12.2 Å². The second-order valence-corrected chi connectivity index (χ2v) is 6.17. The van der Waals surface area contributed by atoms with Crippen LogP contribution in [0.1, 0.15) is 23.9 Å². The van der Waals surface area contributed by atoms with Crippen molar-refractivity contribution >= 4 is 5.91 Å². The van der Waals surface area contributed by atoms with Crippen LogP contribution >= 0.6 is 0 Å². The van der Waals surface area contributed by atoms with Gasteiger partial charge < -0.3 is 4.90 Å². The van der Waals surface area contributed by atoms with Crippen LogP contribution in [0.4, 0.5) is 0 Å². The van der Waals surface area contributed by atoms with Crippen molar-refractivity contribution in [3.63, 3.8) is 0 Å². The minimum atomic E-state index is -0.183. The maximum absolute atomic E-state index is 12.8. The lowest BCUT2D eigenvalue weighted by molar-refractivity contribution is -0.137. The van der Waals surface area contributed by atoms with E-state index in [4.69, 9.17) is 0 Å². The third-order valence-corrected chi connectivity index (χ3v) is 4.66. The molecule has 0 radical (unpaired) electrons. The zero-order valence-electron chi connectivity index (χ0n) is 13.9. The molecule has 6 heteroatoms. The average molecular weight is 313 g/mol. The lowest BCUT2D eigenvalue weighted by Gasteiger charge is -2.33. The molecule has 23 heavy (non-hydrogen) atoms. The maximum atomic E-state index is 12.8. The molecule has 1 aliphatic rings. The lowest BCUT2D eigenvalue weighted by Crippen LogP contribution is -2.47. The summed E-state index contributed by atoms with van der Waals surface area (Å²) in [6.45, 7) is 4.06. The van der Waals surface area contributed by atoms with Crippen molar-refractivity contribution in [2.24, 2.45) is 7.05 Å². The highest BCUT2D eigenvalue weighted by Crippen LogP contribution is 2.20. The van der Waals surface area contributed by atoms with E-state index in [0.29, 0.717) is 13.1 Å². The van der Waals surface area contributed by atoms with E-state index in [0.717, 1.165) is 18.8 Å². The van der Waals surface area contributed by atoms with Crippen molar-refractivity contribution in [1.82, 2.24) is 24.6 Å². The molecule has 3 rings (SSSR count). The summed E-state index contributed by atoms with van der Waals surface area (Å²) >= 11 is 0. The second kappa shape index (κ2) is 6.50. The maximum Gasteiger partial charge on any atom is 0.239 e. The molecule has 122 valence electrons. The number of nitrogens with zero attached hydrogens (tertiary/aromatic N) is 5. The first-order valence-corrected chi connectivity index (χ1v) is 7.95. The quantitative estimate of drug-likeness (QED) is 0.852. The van der Waals surface area contributed by atoms with Gasteiger partial charge >= 0.3 is 0 Å². The molecule has 2 heterocycles. The van der Waals surface area contributed by atoms with Crippen molar-refractivity contribution in [2.75, 3.05) is 13.6 Å². The Morgan fingerprint density at radius 3 is 2.78 bits per heavy atom. The molecule has 6 nitrogen and oxygen atoms in total. The van der Waals surface area contributed by atoms with Gasteiger partial charge in [0.2, 0.25) is 5.91 Å². The Hall–Kier alpha value is -2.21. The summed E-state index contributed by atoms with van der Waals surface area (Å²) in [5.41, 5.74) is 2.62. The fourth-order valence-corrected chi connectivity index (χ4v) is 2.96. The zero-order valence-corrected chi connectivity index (χ0v) is 13.9.